The van der Waals surface area contributed by atoms with Crippen LogP contribution in [0.15, 0.2) is 71.3 Å². The van der Waals surface area contributed by atoms with Gasteiger partial charge in [0.25, 0.3) is 0 Å². The highest BCUT2D eigenvalue weighted by atomic mass is 19.1. The molecule has 0 spiro atoms. The van der Waals surface area contributed by atoms with E-state index in [1.165, 1.54) is 25.4 Å². The van der Waals surface area contributed by atoms with E-state index in [1.54, 1.807) is 18.2 Å². The Labute approximate surface area is 160 Å². The summed E-state index contributed by atoms with van der Waals surface area (Å²) in [6.45, 7) is 0.343. The second-order valence-electron chi connectivity index (χ2n) is 6.10. The van der Waals surface area contributed by atoms with Crippen LogP contribution in [0.2, 0.25) is 0 Å². The largest absolute Gasteiger partial charge is 0.473 e. The van der Waals surface area contributed by atoms with Crippen LogP contribution in [0.4, 0.5) is 4.39 Å². The number of ether oxygens (including phenoxy) is 2. The van der Waals surface area contributed by atoms with Gasteiger partial charge in [0.15, 0.2) is 5.58 Å². The molecule has 0 aliphatic heterocycles. The minimum atomic E-state index is -0.557. The Morgan fingerprint density at radius 2 is 1.86 bits per heavy atom. The number of methoxy groups -OCH3 is 1. The van der Waals surface area contributed by atoms with Crippen molar-refractivity contribution in [2.45, 2.75) is 6.61 Å². The van der Waals surface area contributed by atoms with Crippen molar-refractivity contribution in [3.8, 4) is 17.2 Å². The molecular weight excluding hydrogens is 361 g/mol. The summed E-state index contributed by atoms with van der Waals surface area (Å²) in [6, 6.07) is 17.0. The van der Waals surface area contributed by atoms with Crippen LogP contribution in [0, 0.1) is 5.82 Å². The molecule has 2 heterocycles. The molecule has 0 saturated carbocycles. The lowest BCUT2D eigenvalue weighted by Crippen LogP contribution is -2.02. The number of halogens is 1. The maximum atomic E-state index is 13.3. The van der Waals surface area contributed by atoms with Crippen molar-refractivity contribution in [2.24, 2.45) is 0 Å². The monoisotopic (exact) mass is 377 g/mol. The lowest BCUT2D eigenvalue weighted by Gasteiger charge is -2.05. The minimum absolute atomic E-state index is 0.246. The van der Waals surface area contributed by atoms with E-state index in [9.17, 15) is 9.18 Å². The molecule has 6 heteroatoms. The van der Waals surface area contributed by atoms with Gasteiger partial charge < -0.3 is 13.9 Å². The first-order valence-corrected chi connectivity index (χ1v) is 8.59. The van der Waals surface area contributed by atoms with E-state index in [-0.39, 0.29) is 11.4 Å². The number of carbonyl (C=O) groups is 1. The SMILES string of the molecule is COC(=O)c1c(-c2ccc(F)cc2)oc2cnc(OCc3ccccc3)cc12. The topological polar surface area (TPSA) is 61.6 Å². The summed E-state index contributed by atoms with van der Waals surface area (Å²) in [5, 5.41) is 0.518. The van der Waals surface area contributed by atoms with Crippen molar-refractivity contribution < 1.29 is 23.1 Å². The van der Waals surface area contributed by atoms with Crippen molar-refractivity contribution >= 4 is 16.9 Å². The lowest BCUT2D eigenvalue weighted by atomic mass is 10.1. The van der Waals surface area contributed by atoms with Crippen molar-refractivity contribution in [1.29, 1.82) is 0 Å². The zero-order chi connectivity index (χ0) is 19.5. The number of benzene rings is 2. The summed E-state index contributed by atoms with van der Waals surface area (Å²) >= 11 is 0. The summed E-state index contributed by atoms with van der Waals surface area (Å²) in [5.41, 5.74) is 2.21. The highest BCUT2D eigenvalue weighted by Gasteiger charge is 2.23. The molecule has 0 bridgehead atoms. The molecule has 2 aromatic heterocycles. The molecule has 140 valence electrons. The number of nitrogens with zero attached hydrogens (tertiary/aromatic N) is 1. The first kappa shape index (κ1) is 17.7. The quantitative estimate of drug-likeness (QED) is 0.458. The molecule has 4 rings (SSSR count). The molecule has 0 unspecified atom stereocenters. The lowest BCUT2D eigenvalue weighted by molar-refractivity contribution is 0.0603. The summed E-state index contributed by atoms with van der Waals surface area (Å²) in [5.74, 6) is -0.284. The fraction of sp³-hybridized carbons (Fsp3) is 0.0909. The number of aromatic nitrogens is 1. The van der Waals surface area contributed by atoms with E-state index in [2.05, 4.69) is 4.98 Å². The van der Waals surface area contributed by atoms with E-state index in [0.717, 1.165) is 5.56 Å². The Bertz CT molecular complexity index is 1120. The van der Waals surface area contributed by atoms with Gasteiger partial charge in [0.2, 0.25) is 5.88 Å². The number of esters is 1. The molecule has 0 radical (unpaired) electrons. The van der Waals surface area contributed by atoms with Gasteiger partial charge in [-0.15, -0.1) is 0 Å². The van der Waals surface area contributed by atoms with Gasteiger partial charge in [0.1, 0.15) is 23.7 Å². The van der Waals surface area contributed by atoms with Crippen LogP contribution in [0.25, 0.3) is 22.3 Å². The van der Waals surface area contributed by atoms with Gasteiger partial charge in [-0.2, -0.15) is 0 Å². The maximum absolute atomic E-state index is 13.3. The van der Waals surface area contributed by atoms with E-state index in [0.29, 0.717) is 34.8 Å². The van der Waals surface area contributed by atoms with E-state index < -0.39 is 5.97 Å². The molecule has 0 N–H and O–H groups in total. The molecule has 2 aromatic carbocycles. The number of rotatable bonds is 5. The first-order valence-electron chi connectivity index (χ1n) is 8.59. The summed E-state index contributed by atoms with van der Waals surface area (Å²) in [6.07, 6.45) is 1.50. The van der Waals surface area contributed by atoms with Crippen LogP contribution in [-0.2, 0) is 11.3 Å². The molecular formula is C22H16FNO4. The van der Waals surface area contributed by atoms with Gasteiger partial charge in [0.05, 0.1) is 13.3 Å². The number of carbonyl (C=O) groups excluding carboxylic acids is 1. The first-order chi connectivity index (χ1) is 13.7. The van der Waals surface area contributed by atoms with Gasteiger partial charge in [-0.05, 0) is 29.8 Å². The van der Waals surface area contributed by atoms with Crippen LogP contribution in [0.3, 0.4) is 0 Å². The smallest absolute Gasteiger partial charge is 0.342 e. The molecule has 0 fully saturated rings. The Hall–Kier alpha value is -3.67. The molecule has 0 amide bonds. The zero-order valence-corrected chi connectivity index (χ0v) is 15.0. The Kier molecular flexibility index (Phi) is 4.76. The maximum Gasteiger partial charge on any atom is 0.342 e. The van der Waals surface area contributed by atoms with E-state index in [4.69, 9.17) is 13.9 Å². The second kappa shape index (κ2) is 7.52. The summed E-state index contributed by atoms with van der Waals surface area (Å²) in [4.78, 5) is 16.7. The Balaban J connectivity index is 1.74. The van der Waals surface area contributed by atoms with Crippen LogP contribution in [-0.4, -0.2) is 18.1 Å². The second-order valence-corrected chi connectivity index (χ2v) is 6.10. The predicted molar refractivity (Wildman–Crippen MR) is 102 cm³/mol. The van der Waals surface area contributed by atoms with Gasteiger partial charge in [-0.25, -0.2) is 14.2 Å². The normalized spacial score (nSPS) is 10.8. The number of hydrogen-bond acceptors (Lipinski definition) is 5. The molecule has 0 atom stereocenters. The van der Waals surface area contributed by atoms with Crippen molar-refractivity contribution in [2.75, 3.05) is 7.11 Å². The fourth-order valence-corrected chi connectivity index (χ4v) is 2.90. The van der Waals surface area contributed by atoms with Crippen molar-refractivity contribution in [1.82, 2.24) is 4.98 Å². The van der Waals surface area contributed by atoms with Crippen LogP contribution < -0.4 is 4.74 Å². The summed E-state index contributed by atoms with van der Waals surface area (Å²) < 4.78 is 29.8. The third-order valence-corrected chi connectivity index (χ3v) is 4.28. The average molecular weight is 377 g/mol. The third-order valence-electron chi connectivity index (χ3n) is 4.28. The van der Waals surface area contributed by atoms with E-state index in [1.807, 2.05) is 30.3 Å². The fourth-order valence-electron chi connectivity index (χ4n) is 2.90. The van der Waals surface area contributed by atoms with Gasteiger partial charge in [0, 0.05) is 17.0 Å². The minimum Gasteiger partial charge on any atom is -0.473 e. The number of pyridine rings is 1. The van der Waals surface area contributed by atoms with Crippen LogP contribution in [0.5, 0.6) is 5.88 Å². The highest BCUT2D eigenvalue weighted by molar-refractivity contribution is 6.08. The molecule has 4 aromatic rings. The number of fused-ring (bicyclic) bond motifs is 1. The summed E-state index contributed by atoms with van der Waals surface area (Å²) in [7, 11) is 1.30. The van der Waals surface area contributed by atoms with Crippen LogP contribution in [0.1, 0.15) is 15.9 Å². The number of furan rings is 1. The highest BCUT2D eigenvalue weighted by Crippen LogP contribution is 2.35. The van der Waals surface area contributed by atoms with E-state index >= 15 is 0 Å². The van der Waals surface area contributed by atoms with Crippen molar-refractivity contribution in [3.05, 3.63) is 83.8 Å². The average Bonchev–Trinajstić information content (AvgIpc) is 3.11. The standard InChI is InChI=1S/C22H16FNO4/c1-26-22(25)20-17-11-19(27-13-14-5-3-2-4-6-14)24-12-18(17)28-21(20)15-7-9-16(23)10-8-15/h2-12H,13H2,1H3. The van der Waals surface area contributed by atoms with Crippen molar-refractivity contribution in [3.63, 3.8) is 0 Å². The van der Waals surface area contributed by atoms with Gasteiger partial charge in [-0.1, -0.05) is 30.3 Å². The van der Waals surface area contributed by atoms with Crippen LogP contribution >= 0.6 is 0 Å². The zero-order valence-electron chi connectivity index (χ0n) is 15.0. The molecule has 0 aliphatic carbocycles. The molecule has 0 aliphatic rings. The number of hydrogen-bond donors (Lipinski definition) is 0. The molecule has 28 heavy (non-hydrogen) atoms. The molecule has 0 saturated heterocycles. The third kappa shape index (κ3) is 3.44. The molecule has 5 nitrogen and oxygen atoms in total. The Morgan fingerprint density at radius 1 is 1.11 bits per heavy atom. The van der Waals surface area contributed by atoms with Gasteiger partial charge in [-0.3, -0.25) is 0 Å². The van der Waals surface area contributed by atoms with Gasteiger partial charge >= 0.3 is 5.97 Å². The predicted octanol–water partition coefficient (Wildman–Crippen LogP) is 5.00. The Morgan fingerprint density at radius 3 is 2.57 bits per heavy atom.